The summed E-state index contributed by atoms with van der Waals surface area (Å²) in [5.74, 6) is 0.461. The summed E-state index contributed by atoms with van der Waals surface area (Å²) in [6.45, 7) is 1.61. The van der Waals surface area contributed by atoms with Crippen molar-refractivity contribution in [3.63, 3.8) is 0 Å². The summed E-state index contributed by atoms with van der Waals surface area (Å²) in [5.41, 5.74) is 2.44. The summed E-state index contributed by atoms with van der Waals surface area (Å²) in [5, 5.41) is 0.540. The first-order valence-corrected chi connectivity index (χ1v) is 8.57. The van der Waals surface area contributed by atoms with Crippen molar-refractivity contribution in [1.82, 2.24) is 14.9 Å². The van der Waals surface area contributed by atoms with Crippen LogP contribution < -0.4 is 5.56 Å². The molecule has 1 N–H and O–H groups in total. The van der Waals surface area contributed by atoms with E-state index in [1.165, 1.54) is 0 Å². The minimum absolute atomic E-state index is 0.0286. The highest BCUT2D eigenvalue weighted by Gasteiger charge is 2.19. The van der Waals surface area contributed by atoms with E-state index < -0.39 is 0 Å². The standard InChI is InChI=1S/C20H19N3O2/c24-19(23-10-4-5-11-23)13-18-21-17-9-8-15(12-16(17)20(25)22-18)14-6-2-1-3-7-14/h1-3,6-9,12H,4-5,10-11,13H2,(H,21,22,25). The van der Waals surface area contributed by atoms with Gasteiger partial charge in [-0.3, -0.25) is 9.59 Å². The Morgan fingerprint density at radius 2 is 1.80 bits per heavy atom. The normalized spacial score (nSPS) is 14.2. The topological polar surface area (TPSA) is 66.1 Å². The fraction of sp³-hybridized carbons (Fsp3) is 0.250. The monoisotopic (exact) mass is 333 g/mol. The molecule has 0 aliphatic carbocycles. The minimum atomic E-state index is -0.202. The van der Waals surface area contributed by atoms with Crippen LogP contribution in [-0.4, -0.2) is 33.9 Å². The Kier molecular flexibility index (Phi) is 4.06. The third-order valence-corrected chi connectivity index (χ3v) is 4.64. The van der Waals surface area contributed by atoms with E-state index in [9.17, 15) is 9.59 Å². The predicted molar refractivity (Wildman–Crippen MR) is 97.3 cm³/mol. The summed E-state index contributed by atoms with van der Waals surface area (Å²) in [4.78, 5) is 33.8. The summed E-state index contributed by atoms with van der Waals surface area (Å²) >= 11 is 0. The molecule has 1 fully saturated rings. The van der Waals surface area contributed by atoms with Crippen LogP contribution in [-0.2, 0) is 11.2 Å². The number of nitrogens with zero attached hydrogens (tertiary/aromatic N) is 2. The predicted octanol–water partition coefficient (Wildman–Crippen LogP) is 2.76. The number of rotatable bonds is 3. The third kappa shape index (κ3) is 3.18. The molecule has 3 aromatic rings. The average molecular weight is 333 g/mol. The summed E-state index contributed by atoms with van der Waals surface area (Å²) in [7, 11) is 0. The van der Waals surface area contributed by atoms with Gasteiger partial charge in [0.15, 0.2) is 0 Å². The van der Waals surface area contributed by atoms with E-state index >= 15 is 0 Å². The number of carbonyl (C=O) groups is 1. The number of likely N-dealkylation sites (tertiary alicyclic amines) is 1. The van der Waals surface area contributed by atoms with Crippen LogP contribution in [0.5, 0.6) is 0 Å². The molecule has 2 aromatic carbocycles. The van der Waals surface area contributed by atoms with Crippen LogP contribution in [0.4, 0.5) is 0 Å². The number of aromatic amines is 1. The van der Waals surface area contributed by atoms with Gasteiger partial charge in [0.1, 0.15) is 5.82 Å². The molecule has 1 amide bonds. The lowest BCUT2D eigenvalue weighted by molar-refractivity contribution is -0.129. The van der Waals surface area contributed by atoms with Crippen LogP contribution in [0.3, 0.4) is 0 Å². The number of hydrogen-bond acceptors (Lipinski definition) is 3. The Morgan fingerprint density at radius 3 is 2.56 bits per heavy atom. The summed E-state index contributed by atoms with van der Waals surface area (Å²) in [6.07, 6.45) is 2.25. The first-order valence-electron chi connectivity index (χ1n) is 8.57. The summed E-state index contributed by atoms with van der Waals surface area (Å²) in [6, 6.07) is 15.6. The minimum Gasteiger partial charge on any atom is -0.342 e. The largest absolute Gasteiger partial charge is 0.342 e. The van der Waals surface area contributed by atoms with Crippen molar-refractivity contribution in [3.8, 4) is 11.1 Å². The van der Waals surface area contributed by atoms with E-state index in [2.05, 4.69) is 9.97 Å². The molecule has 5 heteroatoms. The van der Waals surface area contributed by atoms with Crippen molar-refractivity contribution in [2.45, 2.75) is 19.3 Å². The van der Waals surface area contributed by atoms with Crippen molar-refractivity contribution >= 4 is 16.8 Å². The lowest BCUT2D eigenvalue weighted by Crippen LogP contribution is -2.30. The van der Waals surface area contributed by atoms with E-state index in [1.54, 1.807) is 0 Å². The molecule has 2 heterocycles. The zero-order chi connectivity index (χ0) is 17.2. The highest BCUT2D eigenvalue weighted by molar-refractivity contribution is 5.84. The summed E-state index contributed by atoms with van der Waals surface area (Å²) < 4.78 is 0. The molecule has 0 unspecified atom stereocenters. The lowest BCUT2D eigenvalue weighted by atomic mass is 10.0. The van der Waals surface area contributed by atoms with Gasteiger partial charge in [-0.25, -0.2) is 4.98 Å². The maximum Gasteiger partial charge on any atom is 0.258 e. The van der Waals surface area contributed by atoms with Crippen LogP contribution in [0, 0.1) is 0 Å². The second kappa shape index (κ2) is 6.51. The number of hydrogen-bond donors (Lipinski definition) is 1. The van der Waals surface area contributed by atoms with Gasteiger partial charge in [-0.2, -0.15) is 0 Å². The van der Waals surface area contributed by atoms with Crippen LogP contribution in [0.2, 0.25) is 0 Å². The molecule has 5 nitrogen and oxygen atoms in total. The number of nitrogens with one attached hydrogen (secondary N) is 1. The van der Waals surface area contributed by atoms with Gasteiger partial charge in [-0.05, 0) is 36.1 Å². The maximum atomic E-state index is 12.5. The Balaban J connectivity index is 1.66. The van der Waals surface area contributed by atoms with Gasteiger partial charge >= 0.3 is 0 Å². The first-order chi connectivity index (χ1) is 12.2. The van der Waals surface area contributed by atoms with Crippen molar-refractivity contribution in [1.29, 1.82) is 0 Å². The fourth-order valence-corrected chi connectivity index (χ4v) is 3.30. The van der Waals surface area contributed by atoms with Crippen LogP contribution in [0.15, 0.2) is 53.3 Å². The maximum absolute atomic E-state index is 12.5. The fourth-order valence-electron chi connectivity index (χ4n) is 3.30. The molecule has 25 heavy (non-hydrogen) atoms. The lowest BCUT2D eigenvalue weighted by Gasteiger charge is -2.14. The molecule has 1 aliphatic heterocycles. The first kappa shape index (κ1) is 15.6. The molecule has 0 radical (unpaired) electrons. The van der Waals surface area contributed by atoms with Crippen molar-refractivity contribution in [2.24, 2.45) is 0 Å². The highest BCUT2D eigenvalue weighted by Crippen LogP contribution is 2.22. The van der Waals surface area contributed by atoms with Crippen LogP contribution in [0.25, 0.3) is 22.0 Å². The van der Waals surface area contributed by atoms with E-state index in [-0.39, 0.29) is 17.9 Å². The number of H-pyrrole nitrogens is 1. The zero-order valence-corrected chi connectivity index (χ0v) is 13.9. The SMILES string of the molecule is O=C(Cc1nc2ccc(-c3ccccc3)cc2c(=O)[nH]1)N1CCCC1. The van der Waals surface area contributed by atoms with Gasteiger partial charge in [0.2, 0.25) is 5.91 Å². The number of fused-ring (bicyclic) bond motifs is 1. The van der Waals surface area contributed by atoms with Gasteiger partial charge in [0, 0.05) is 13.1 Å². The van der Waals surface area contributed by atoms with Crippen LogP contribution >= 0.6 is 0 Å². The molecular weight excluding hydrogens is 314 g/mol. The molecule has 1 saturated heterocycles. The van der Waals surface area contributed by atoms with E-state index in [0.717, 1.165) is 37.1 Å². The molecule has 126 valence electrons. The van der Waals surface area contributed by atoms with Gasteiger partial charge in [-0.15, -0.1) is 0 Å². The zero-order valence-electron chi connectivity index (χ0n) is 13.9. The molecule has 0 spiro atoms. The number of benzene rings is 2. The van der Waals surface area contributed by atoms with Crippen molar-refractivity contribution in [3.05, 3.63) is 64.7 Å². The molecule has 1 aromatic heterocycles. The Labute approximate surface area is 145 Å². The Hall–Kier alpha value is -2.95. The number of carbonyl (C=O) groups excluding carboxylic acids is 1. The Bertz CT molecular complexity index is 973. The molecule has 4 rings (SSSR count). The van der Waals surface area contributed by atoms with E-state index in [0.29, 0.717) is 16.7 Å². The van der Waals surface area contributed by atoms with E-state index in [1.807, 2.05) is 53.4 Å². The van der Waals surface area contributed by atoms with Gasteiger partial charge in [0.25, 0.3) is 5.56 Å². The molecular formula is C20H19N3O2. The van der Waals surface area contributed by atoms with E-state index in [4.69, 9.17) is 0 Å². The molecule has 0 bridgehead atoms. The van der Waals surface area contributed by atoms with Gasteiger partial charge in [-0.1, -0.05) is 36.4 Å². The van der Waals surface area contributed by atoms with Crippen LogP contribution in [0.1, 0.15) is 18.7 Å². The smallest absolute Gasteiger partial charge is 0.258 e. The van der Waals surface area contributed by atoms with Gasteiger partial charge in [0.05, 0.1) is 17.3 Å². The second-order valence-electron chi connectivity index (χ2n) is 6.38. The van der Waals surface area contributed by atoms with Crippen molar-refractivity contribution in [2.75, 3.05) is 13.1 Å². The van der Waals surface area contributed by atoms with Gasteiger partial charge < -0.3 is 9.88 Å². The Morgan fingerprint density at radius 1 is 1.04 bits per heavy atom. The molecule has 1 aliphatic rings. The third-order valence-electron chi connectivity index (χ3n) is 4.64. The number of amides is 1. The second-order valence-corrected chi connectivity index (χ2v) is 6.38. The highest BCUT2D eigenvalue weighted by atomic mass is 16.2. The average Bonchev–Trinajstić information content (AvgIpc) is 3.17. The number of aromatic nitrogens is 2. The van der Waals surface area contributed by atoms with Crippen molar-refractivity contribution < 1.29 is 4.79 Å². The molecule has 0 atom stereocenters. The quantitative estimate of drug-likeness (QED) is 0.801. The molecule has 0 saturated carbocycles.